The van der Waals surface area contributed by atoms with E-state index in [1.165, 1.54) is 24.5 Å². The summed E-state index contributed by atoms with van der Waals surface area (Å²) in [4.78, 5) is 29.0. The lowest BCUT2D eigenvalue weighted by Crippen LogP contribution is -2.51. The van der Waals surface area contributed by atoms with Crippen LogP contribution in [0.1, 0.15) is 41.2 Å². The predicted molar refractivity (Wildman–Crippen MR) is 173 cm³/mol. The summed E-state index contributed by atoms with van der Waals surface area (Å²) in [5.74, 6) is -6.80. The molecule has 7 rings (SSSR count). The number of hydrogen-bond donors (Lipinski definition) is 1. The first-order valence-corrected chi connectivity index (χ1v) is 16.1. The van der Waals surface area contributed by atoms with E-state index < -0.39 is 66.2 Å². The van der Waals surface area contributed by atoms with Crippen molar-refractivity contribution < 1.29 is 31.1 Å². The van der Waals surface area contributed by atoms with Gasteiger partial charge in [-0.25, -0.2) is 32.5 Å². The maximum atomic E-state index is 15.3. The molecule has 49 heavy (non-hydrogen) atoms. The van der Waals surface area contributed by atoms with E-state index in [1.807, 2.05) is 6.07 Å². The monoisotopic (exact) mass is 695 g/mol. The van der Waals surface area contributed by atoms with Crippen molar-refractivity contribution in [1.29, 1.82) is 0 Å². The van der Waals surface area contributed by atoms with Gasteiger partial charge in [-0.3, -0.25) is 14.4 Å². The summed E-state index contributed by atoms with van der Waals surface area (Å²) in [6.45, 7) is 3.30. The highest BCUT2D eigenvalue weighted by Gasteiger charge is 2.51. The van der Waals surface area contributed by atoms with Crippen molar-refractivity contribution in [1.82, 2.24) is 25.1 Å². The number of halogens is 6. The zero-order valence-corrected chi connectivity index (χ0v) is 26.6. The summed E-state index contributed by atoms with van der Waals surface area (Å²) in [7, 11) is 0. The van der Waals surface area contributed by atoms with Gasteiger partial charge in [-0.05, 0) is 54.4 Å². The van der Waals surface area contributed by atoms with Crippen molar-refractivity contribution in [2.45, 2.75) is 44.4 Å². The Kier molecular flexibility index (Phi) is 8.25. The third-order valence-corrected chi connectivity index (χ3v) is 9.46. The molecule has 1 aliphatic heterocycles. The van der Waals surface area contributed by atoms with Crippen LogP contribution in [0.15, 0.2) is 71.8 Å². The van der Waals surface area contributed by atoms with Crippen LogP contribution in [0, 0.1) is 17.6 Å². The van der Waals surface area contributed by atoms with Crippen molar-refractivity contribution in [3.8, 4) is 0 Å². The number of alkyl halides is 4. The maximum absolute atomic E-state index is 15.3. The fourth-order valence-electron chi connectivity index (χ4n) is 6.38. The highest BCUT2D eigenvalue weighted by Crippen LogP contribution is 2.48. The van der Waals surface area contributed by atoms with Crippen LogP contribution in [0.5, 0.6) is 0 Å². The van der Waals surface area contributed by atoms with E-state index in [4.69, 9.17) is 4.99 Å². The summed E-state index contributed by atoms with van der Waals surface area (Å²) in [5.41, 5.74) is 2.85. The Morgan fingerprint density at radius 2 is 1.92 bits per heavy atom. The van der Waals surface area contributed by atoms with Crippen LogP contribution in [0.2, 0.25) is 0 Å². The number of fused-ring (bicyclic) bond motifs is 3. The van der Waals surface area contributed by atoms with Crippen LogP contribution in [0.3, 0.4) is 0 Å². The van der Waals surface area contributed by atoms with Gasteiger partial charge in [0, 0.05) is 41.4 Å². The lowest BCUT2D eigenvalue weighted by atomic mass is 10.0. The number of amides is 1. The van der Waals surface area contributed by atoms with Crippen LogP contribution < -0.4 is 10.2 Å². The van der Waals surface area contributed by atoms with E-state index >= 15 is 8.78 Å². The molecule has 1 amide bonds. The average molecular weight is 696 g/mol. The van der Waals surface area contributed by atoms with Crippen molar-refractivity contribution in [3.63, 3.8) is 0 Å². The number of thiazole rings is 1. The van der Waals surface area contributed by atoms with Crippen LogP contribution in [0.4, 0.5) is 37.8 Å². The number of nitrogens with zero attached hydrogens (tertiary/aromatic N) is 6. The minimum atomic E-state index is -3.46. The Morgan fingerprint density at radius 1 is 1.14 bits per heavy atom. The number of pyridine rings is 1. The van der Waals surface area contributed by atoms with E-state index in [0.717, 1.165) is 16.8 Å². The second-order valence-electron chi connectivity index (χ2n) is 12.0. The number of aromatic nitrogens is 4. The topological polar surface area (TPSA) is 88.3 Å². The third kappa shape index (κ3) is 5.85. The molecule has 1 N–H and O–H groups in total. The number of nitrogens with one attached hydrogen (secondary N) is 1. The molecule has 3 unspecified atom stereocenters. The Balaban J connectivity index is 1.31. The van der Waals surface area contributed by atoms with Gasteiger partial charge in [0.25, 0.3) is 5.92 Å². The number of hydrogen-bond acceptors (Lipinski definition) is 7. The van der Waals surface area contributed by atoms with Gasteiger partial charge in [-0.2, -0.15) is 13.9 Å². The Morgan fingerprint density at radius 3 is 2.67 bits per heavy atom. The fraction of sp³-hybridized carbons (Fsp3) is 0.265. The van der Waals surface area contributed by atoms with Gasteiger partial charge in [0.1, 0.15) is 42.1 Å². The predicted octanol–water partition coefficient (Wildman–Crippen LogP) is 7.38. The Bertz CT molecular complexity index is 2130. The minimum Gasteiger partial charge on any atom is -0.344 e. The Labute approximate surface area is 279 Å². The maximum Gasteiger partial charge on any atom is 0.292 e. The molecule has 3 atom stereocenters. The van der Waals surface area contributed by atoms with Crippen molar-refractivity contribution in [3.05, 3.63) is 107 Å². The number of benzene rings is 2. The van der Waals surface area contributed by atoms with E-state index in [1.54, 1.807) is 34.7 Å². The first-order valence-electron chi connectivity index (χ1n) is 15.2. The van der Waals surface area contributed by atoms with Gasteiger partial charge < -0.3 is 5.32 Å². The summed E-state index contributed by atoms with van der Waals surface area (Å²) in [6.07, 6.45) is -1.16. The minimum absolute atomic E-state index is 0.124. The van der Waals surface area contributed by atoms with Crippen LogP contribution >= 0.6 is 11.3 Å². The summed E-state index contributed by atoms with van der Waals surface area (Å²) < 4.78 is 88.9. The molecule has 15 heteroatoms. The first kappa shape index (κ1) is 32.5. The zero-order chi connectivity index (χ0) is 34.6. The third-order valence-electron chi connectivity index (χ3n) is 8.65. The molecule has 2 aromatic carbocycles. The van der Waals surface area contributed by atoms with E-state index in [9.17, 15) is 22.4 Å². The highest BCUT2D eigenvalue weighted by molar-refractivity contribution is 7.16. The first-order chi connectivity index (χ1) is 23.4. The number of aliphatic imine (C=N–C) groups is 1. The van der Waals surface area contributed by atoms with Crippen LogP contribution in [-0.4, -0.2) is 44.2 Å². The highest BCUT2D eigenvalue weighted by atomic mass is 32.1. The number of carbonyl (C=O) groups is 1. The summed E-state index contributed by atoms with van der Waals surface area (Å²) in [6, 6.07) is 10.7. The van der Waals surface area contributed by atoms with Gasteiger partial charge in [0.2, 0.25) is 5.91 Å². The summed E-state index contributed by atoms with van der Waals surface area (Å²) in [5, 5.41) is 6.69. The van der Waals surface area contributed by atoms with Gasteiger partial charge in [0.15, 0.2) is 12.0 Å². The van der Waals surface area contributed by atoms with Crippen molar-refractivity contribution in [2.75, 3.05) is 11.6 Å². The lowest BCUT2D eigenvalue weighted by Gasteiger charge is -2.36. The van der Waals surface area contributed by atoms with E-state index in [0.29, 0.717) is 33.2 Å². The van der Waals surface area contributed by atoms with Gasteiger partial charge >= 0.3 is 0 Å². The van der Waals surface area contributed by atoms with Gasteiger partial charge in [-0.15, -0.1) is 11.3 Å². The SMILES string of the molecule is C=C1c2cccnc2N=C(C(Cc2cc(F)cc(F)c2)NC(=O)Cn2nc(C(F)CF)c3c2C(F)(F)C(C)C3)N1c1ccc2scnc2c1. The quantitative estimate of drug-likeness (QED) is 0.163. The molecule has 0 saturated heterocycles. The lowest BCUT2D eigenvalue weighted by molar-refractivity contribution is -0.122. The van der Waals surface area contributed by atoms with Crippen LogP contribution in [0.25, 0.3) is 15.9 Å². The molecular weight excluding hydrogens is 668 g/mol. The number of anilines is 1. The Hall–Kier alpha value is -5.05. The average Bonchev–Trinajstić information content (AvgIpc) is 3.73. The molecule has 4 heterocycles. The van der Waals surface area contributed by atoms with Gasteiger partial charge in [0.05, 0.1) is 27.5 Å². The molecule has 0 bridgehead atoms. The molecule has 0 saturated carbocycles. The molecule has 0 spiro atoms. The molecule has 0 fully saturated rings. The number of carbonyl (C=O) groups excluding carboxylic acids is 1. The zero-order valence-electron chi connectivity index (χ0n) is 25.8. The van der Waals surface area contributed by atoms with Crippen LogP contribution in [-0.2, 0) is 30.1 Å². The number of amidine groups is 1. The molecule has 1 aliphatic carbocycles. The second kappa shape index (κ2) is 12.4. The molecule has 5 aromatic rings. The molecule has 8 nitrogen and oxygen atoms in total. The second-order valence-corrected chi connectivity index (χ2v) is 12.8. The normalized spacial score (nSPS) is 17.9. The van der Waals surface area contributed by atoms with Gasteiger partial charge in [-0.1, -0.05) is 13.5 Å². The van der Waals surface area contributed by atoms with Crippen molar-refractivity contribution in [2.24, 2.45) is 10.9 Å². The molecular formula is C34H27F6N7OS. The van der Waals surface area contributed by atoms with Crippen molar-refractivity contribution >= 4 is 50.5 Å². The van der Waals surface area contributed by atoms with E-state index in [-0.39, 0.29) is 35.6 Å². The molecule has 0 radical (unpaired) electrons. The van der Waals surface area contributed by atoms with E-state index in [2.05, 4.69) is 27.0 Å². The largest absolute Gasteiger partial charge is 0.344 e. The molecule has 2 aliphatic rings. The molecule has 3 aromatic heterocycles. The summed E-state index contributed by atoms with van der Waals surface area (Å²) >= 11 is 1.44. The standard InChI is InChI=1S/C34H27F6N7OS/c1-17-8-24-30(25(38)14-35)45-46(31(24)34(17,39)40)15-29(48)43-27(11-19-9-20(36)12-21(37)10-19)33-44-32-23(4-3-7-41-32)18(2)47(33)22-5-6-28-26(13-22)42-16-49-28/h3-7,9-10,12-13,16-17,25,27H,2,8,11,14-15H2,1H3,(H,43,48). The smallest absolute Gasteiger partial charge is 0.292 e. The number of rotatable bonds is 9. The fourth-order valence-corrected chi connectivity index (χ4v) is 7.04. The molecule has 252 valence electrons.